The molecule has 1 aromatic carbocycles. The Labute approximate surface area is 309 Å². The van der Waals surface area contributed by atoms with Crippen molar-refractivity contribution < 1.29 is 18.1 Å². The Morgan fingerprint density at radius 1 is 1.02 bits per heavy atom. The molecule has 5 aliphatic rings. The van der Waals surface area contributed by atoms with Gasteiger partial charge in [-0.1, -0.05) is 82.7 Å². The number of nitrogens with zero attached hydrogens (tertiary/aromatic N) is 3. The fourth-order valence-electron chi connectivity index (χ4n) is 10.6. The van der Waals surface area contributed by atoms with E-state index in [2.05, 4.69) is 59.5 Å². The van der Waals surface area contributed by atoms with Crippen molar-refractivity contribution in [3.63, 3.8) is 0 Å². The van der Waals surface area contributed by atoms with Crippen LogP contribution in [0.4, 0.5) is 0 Å². The Balaban J connectivity index is 0.00000468. The van der Waals surface area contributed by atoms with Gasteiger partial charge in [0.05, 0.1) is 23.6 Å². The molecule has 5 fully saturated rings. The molecule has 9 atom stereocenters. The van der Waals surface area contributed by atoms with Gasteiger partial charge in [0, 0.05) is 23.4 Å². The van der Waals surface area contributed by atoms with E-state index in [9.17, 15) is 13.8 Å². The van der Waals surface area contributed by atoms with Gasteiger partial charge < -0.3 is 0 Å². The minimum atomic E-state index is -1.41. The lowest BCUT2D eigenvalue weighted by molar-refractivity contribution is -0.174. The smallest absolute Gasteiger partial charge is 0.254 e. The third kappa shape index (κ3) is 6.31. The van der Waals surface area contributed by atoms with Gasteiger partial charge in [-0.05, 0) is 94.1 Å². The molecule has 9 unspecified atom stereocenters. The van der Waals surface area contributed by atoms with Crippen LogP contribution in [0.25, 0.3) is 0 Å². The summed E-state index contributed by atoms with van der Waals surface area (Å²) in [5, 5.41) is 1.70. The van der Waals surface area contributed by atoms with Gasteiger partial charge in [0.15, 0.2) is 0 Å². The summed E-state index contributed by atoms with van der Waals surface area (Å²) >= 11 is 1.26. The van der Waals surface area contributed by atoms with Gasteiger partial charge in [-0.2, -0.15) is 17.8 Å². The Morgan fingerprint density at radius 2 is 1.67 bits per heavy atom. The number of fused-ring (bicyclic) bond motifs is 1. The largest absolute Gasteiger partial charge is 0.273 e. The molecule has 7 nitrogen and oxygen atoms in total. The summed E-state index contributed by atoms with van der Waals surface area (Å²) in [5.74, 6) is 0.296. The van der Waals surface area contributed by atoms with Crippen molar-refractivity contribution in [2.24, 2.45) is 45.3 Å². The first-order valence-corrected chi connectivity index (χ1v) is 20.0. The summed E-state index contributed by atoms with van der Waals surface area (Å²) in [4.78, 5) is 29.3. The molecule has 10 heteroatoms. The van der Waals surface area contributed by atoms with Crippen LogP contribution < -0.4 is 0 Å². The van der Waals surface area contributed by atoms with Crippen molar-refractivity contribution in [2.45, 2.75) is 105 Å². The molecule has 6 rings (SSSR count). The Kier molecular flexibility index (Phi) is 11.1. The van der Waals surface area contributed by atoms with E-state index in [1.54, 1.807) is 9.37 Å². The number of allylic oxidation sites excluding steroid dienone is 1. The third-order valence-electron chi connectivity index (χ3n) is 14.2. The molecule has 2 saturated heterocycles. The number of hydroxylamine groups is 2. The number of amides is 2. The van der Waals surface area contributed by atoms with E-state index < -0.39 is 22.8 Å². The summed E-state index contributed by atoms with van der Waals surface area (Å²) in [7, 11) is 0.643. The highest BCUT2D eigenvalue weighted by atomic mass is 32.2. The van der Waals surface area contributed by atoms with Gasteiger partial charge >= 0.3 is 0 Å². The van der Waals surface area contributed by atoms with Gasteiger partial charge in [-0.15, -0.1) is 6.58 Å². The zero-order valence-corrected chi connectivity index (χ0v) is 33.5. The third-order valence-corrected chi connectivity index (χ3v) is 16.5. The van der Waals surface area contributed by atoms with Crippen molar-refractivity contribution in [1.29, 1.82) is 0 Å². The van der Waals surface area contributed by atoms with Crippen LogP contribution in [0.15, 0.2) is 54.6 Å². The Hall–Kier alpha value is -1.59. The van der Waals surface area contributed by atoms with Crippen molar-refractivity contribution >= 4 is 48.5 Å². The molecule has 2 bridgehead atoms. The molecule has 2 aliphatic heterocycles. The second-order valence-corrected chi connectivity index (χ2v) is 19.3. The maximum atomic E-state index is 14.6. The lowest BCUT2D eigenvalue weighted by Gasteiger charge is -2.44. The number of benzene rings is 1. The van der Waals surface area contributed by atoms with Crippen molar-refractivity contribution in [2.75, 3.05) is 19.3 Å². The topological polar surface area (TPSA) is 70.2 Å². The van der Waals surface area contributed by atoms with E-state index in [0.29, 0.717) is 30.4 Å². The van der Waals surface area contributed by atoms with Gasteiger partial charge in [-0.3, -0.25) is 13.9 Å². The number of rotatable bonds is 8. The molecule has 2 amide bonds. The van der Waals surface area contributed by atoms with E-state index in [1.165, 1.54) is 18.6 Å². The summed E-state index contributed by atoms with van der Waals surface area (Å²) in [6.07, 6.45) is 10.1. The summed E-state index contributed by atoms with van der Waals surface area (Å²) in [5.41, 5.74) is 1.81. The molecule has 0 aromatic heterocycles. The highest BCUT2D eigenvalue weighted by Gasteiger charge is 2.68. The van der Waals surface area contributed by atoms with Gasteiger partial charge in [0.1, 0.15) is 23.2 Å². The maximum absolute atomic E-state index is 14.6. The fraction of sp³-hybridized carbons (Fsp3) is 0.692. The van der Waals surface area contributed by atoms with Crippen LogP contribution >= 0.6 is 25.7 Å². The molecule has 49 heavy (non-hydrogen) atoms. The molecular formula is C39H59N3O4S3. The van der Waals surface area contributed by atoms with Gasteiger partial charge in [-0.25, -0.2) is 13.6 Å². The molecule has 3 aliphatic carbocycles. The molecule has 1 aromatic rings. The summed E-state index contributed by atoms with van der Waals surface area (Å²) in [6, 6.07) is 9.88. The lowest BCUT2D eigenvalue weighted by atomic mass is 9.62. The van der Waals surface area contributed by atoms with Crippen molar-refractivity contribution in [1.82, 2.24) is 13.7 Å². The highest BCUT2D eigenvalue weighted by molar-refractivity contribution is 7.92. The zero-order valence-electron chi connectivity index (χ0n) is 30.9. The van der Waals surface area contributed by atoms with Crippen LogP contribution in [0.5, 0.6) is 0 Å². The van der Waals surface area contributed by atoms with Crippen LogP contribution in [-0.2, 0) is 31.3 Å². The van der Waals surface area contributed by atoms with E-state index >= 15 is 0 Å². The molecule has 0 N–H and O–H groups in total. The summed E-state index contributed by atoms with van der Waals surface area (Å²) < 4.78 is 24.0. The van der Waals surface area contributed by atoms with E-state index in [4.69, 9.17) is 4.28 Å². The molecule has 272 valence electrons. The second kappa shape index (κ2) is 14.1. The molecule has 0 radical (unpaired) electrons. The predicted molar refractivity (Wildman–Crippen MR) is 206 cm³/mol. The monoisotopic (exact) mass is 729 g/mol. The maximum Gasteiger partial charge on any atom is 0.254 e. The standard InChI is InChI=1S/C39H57N3O4S2.H2S/c1-26(2)21-30(34(43)41-33-23-32-18-20-38(33,37(32,7)8)24-40(9)47-46-41)15-16-31(22-29-13-11-10-12-14-29)35(44)42-28(4)39(25-48(42)45)19-17-27(3)36(39,5)6;/h10-16,27-28,30-33H,1,17-25H2,2-9H3;1H2/b16-15+;. The van der Waals surface area contributed by atoms with Crippen LogP contribution in [-0.4, -0.2) is 61.1 Å². The fourth-order valence-corrected chi connectivity index (χ4v) is 13.4. The minimum Gasteiger partial charge on any atom is -0.273 e. The van der Waals surface area contributed by atoms with Crippen LogP contribution in [0, 0.1) is 45.3 Å². The molecule has 2 spiro atoms. The lowest BCUT2D eigenvalue weighted by Crippen LogP contribution is -2.53. The SMILES string of the molecule is C=C(C)CC(/C=C/C(Cc1ccccc1)C(=O)N1C(C)C2(CCC(C)C2(C)C)CS1=O)C(=O)N1OSN(C)CC23CCC(CC12)C3(C)C.S. The average Bonchev–Trinajstić information content (AvgIpc) is 3.55. The van der Waals surface area contributed by atoms with Gasteiger partial charge in [0.2, 0.25) is 5.91 Å². The van der Waals surface area contributed by atoms with E-state index in [0.717, 1.165) is 43.4 Å². The molecular weight excluding hydrogens is 671 g/mol. The van der Waals surface area contributed by atoms with Crippen LogP contribution in [0.2, 0.25) is 0 Å². The highest BCUT2D eigenvalue weighted by Crippen LogP contribution is 2.68. The first-order valence-electron chi connectivity index (χ1n) is 18.0. The minimum absolute atomic E-state index is 0. The van der Waals surface area contributed by atoms with Gasteiger partial charge in [0.25, 0.3) is 5.91 Å². The first kappa shape index (κ1) is 38.6. The quantitative estimate of drug-likeness (QED) is 0.154. The normalized spacial score (nSPS) is 36.0. The van der Waals surface area contributed by atoms with E-state index in [-0.39, 0.29) is 59.1 Å². The number of carbonyl (C=O) groups excluding carboxylic acids is 2. The Morgan fingerprint density at radius 3 is 2.29 bits per heavy atom. The van der Waals surface area contributed by atoms with Crippen molar-refractivity contribution in [3.05, 3.63) is 60.2 Å². The number of hydrogen-bond acceptors (Lipinski definition) is 6. The number of hydrogen-bond donors (Lipinski definition) is 0. The Bertz CT molecular complexity index is 1480. The van der Waals surface area contributed by atoms with Crippen LogP contribution in [0.1, 0.15) is 92.6 Å². The predicted octanol–water partition coefficient (Wildman–Crippen LogP) is 7.90. The zero-order chi connectivity index (χ0) is 34.8. The number of carbonyl (C=O) groups is 2. The molecule has 2 heterocycles. The first-order chi connectivity index (χ1) is 22.6. The average molecular weight is 730 g/mol. The van der Waals surface area contributed by atoms with E-state index in [1.807, 2.05) is 49.4 Å². The second-order valence-electron chi connectivity index (χ2n) is 17.0. The molecule has 3 saturated carbocycles. The van der Waals surface area contributed by atoms with Crippen LogP contribution in [0.3, 0.4) is 0 Å². The van der Waals surface area contributed by atoms with Crippen molar-refractivity contribution in [3.8, 4) is 0 Å². The summed E-state index contributed by atoms with van der Waals surface area (Å²) in [6.45, 7) is 20.8.